The molecule has 0 aromatic rings. The minimum atomic E-state index is -0.851. The van der Waals surface area contributed by atoms with Gasteiger partial charge in [-0.05, 0) is 32.2 Å². The lowest BCUT2D eigenvalue weighted by molar-refractivity contribution is -0.137. The van der Waals surface area contributed by atoms with Gasteiger partial charge >= 0.3 is 5.97 Å². The predicted molar refractivity (Wildman–Crippen MR) is 63.9 cm³/mol. The van der Waals surface area contributed by atoms with Crippen molar-refractivity contribution in [2.75, 3.05) is 33.4 Å². The van der Waals surface area contributed by atoms with Crippen LogP contribution in [0.15, 0.2) is 0 Å². The molecule has 1 saturated heterocycles. The maximum Gasteiger partial charge on any atom is 0.303 e. The number of carboxylic acids is 1. The van der Waals surface area contributed by atoms with Crippen molar-refractivity contribution in [3.8, 4) is 0 Å². The SMILES string of the molecule is CN(CC(O)CCC(=O)O)CC1CCOCC1. The molecule has 0 amide bonds. The number of hydrogen-bond donors (Lipinski definition) is 2. The largest absolute Gasteiger partial charge is 0.481 e. The molecule has 0 saturated carbocycles. The Morgan fingerprint density at radius 3 is 2.71 bits per heavy atom. The van der Waals surface area contributed by atoms with Gasteiger partial charge in [-0.1, -0.05) is 0 Å². The Labute approximate surface area is 102 Å². The lowest BCUT2D eigenvalue weighted by Crippen LogP contribution is -2.35. The van der Waals surface area contributed by atoms with Gasteiger partial charge in [0.05, 0.1) is 6.10 Å². The quantitative estimate of drug-likeness (QED) is 0.686. The van der Waals surface area contributed by atoms with Gasteiger partial charge in [0.1, 0.15) is 0 Å². The van der Waals surface area contributed by atoms with Crippen LogP contribution in [0.4, 0.5) is 0 Å². The van der Waals surface area contributed by atoms with Crippen LogP contribution in [0.5, 0.6) is 0 Å². The van der Waals surface area contributed by atoms with Crippen molar-refractivity contribution in [2.24, 2.45) is 5.92 Å². The van der Waals surface area contributed by atoms with Crippen molar-refractivity contribution in [1.29, 1.82) is 0 Å². The van der Waals surface area contributed by atoms with E-state index in [1.807, 2.05) is 7.05 Å². The smallest absolute Gasteiger partial charge is 0.303 e. The second-order valence-corrected chi connectivity index (χ2v) is 4.86. The molecule has 5 nitrogen and oxygen atoms in total. The molecule has 0 aromatic carbocycles. The molecule has 17 heavy (non-hydrogen) atoms. The molecule has 1 atom stereocenters. The van der Waals surface area contributed by atoms with Crippen LogP contribution in [0.3, 0.4) is 0 Å². The Bertz CT molecular complexity index is 229. The summed E-state index contributed by atoms with van der Waals surface area (Å²) < 4.78 is 5.29. The minimum absolute atomic E-state index is 0.0340. The van der Waals surface area contributed by atoms with Crippen molar-refractivity contribution < 1.29 is 19.7 Å². The van der Waals surface area contributed by atoms with Crippen LogP contribution < -0.4 is 0 Å². The highest BCUT2D eigenvalue weighted by Crippen LogP contribution is 2.15. The molecule has 1 unspecified atom stereocenters. The predicted octanol–water partition coefficient (Wildman–Crippen LogP) is 0.570. The van der Waals surface area contributed by atoms with E-state index >= 15 is 0 Å². The maximum absolute atomic E-state index is 10.4. The summed E-state index contributed by atoms with van der Waals surface area (Å²) >= 11 is 0. The van der Waals surface area contributed by atoms with E-state index < -0.39 is 12.1 Å². The van der Waals surface area contributed by atoms with Crippen molar-refractivity contribution >= 4 is 5.97 Å². The summed E-state index contributed by atoms with van der Waals surface area (Å²) in [5.74, 6) is -0.212. The van der Waals surface area contributed by atoms with Gasteiger partial charge in [-0.15, -0.1) is 0 Å². The summed E-state index contributed by atoms with van der Waals surface area (Å²) in [4.78, 5) is 12.5. The molecular formula is C12H23NO4. The molecule has 1 aliphatic heterocycles. The lowest BCUT2D eigenvalue weighted by atomic mass is 10.00. The van der Waals surface area contributed by atoms with E-state index in [0.717, 1.165) is 32.6 Å². The summed E-state index contributed by atoms with van der Waals surface area (Å²) in [6.45, 7) is 3.16. The molecule has 0 aliphatic carbocycles. The number of aliphatic carboxylic acids is 1. The van der Waals surface area contributed by atoms with Crippen LogP contribution in [0.2, 0.25) is 0 Å². The minimum Gasteiger partial charge on any atom is -0.481 e. The number of aliphatic hydroxyl groups excluding tert-OH is 1. The third-order valence-electron chi connectivity index (χ3n) is 3.12. The highest BCUT2D eigenvalue weighted by Gasteiger charge is 2.17. The van der Waals surface area contributed by atoms with Crippen molar-refractivity contribution in [2.45, 2.75) is 31.8 Å². The number of hydrogen-bond acceptors (Lipinski definition) is 4. The van der Waals surface area contributed by atoms with Crippen LogP contribution in [-0.2, 0) is 9.53 Å². The van der Waals surface area contributed by atoms with Gasteiger partial charge in [0.2, 0.25) is 0 Å². The standard InChI is InChI=1S/C12H23NO4/c1-13(8-10-4-6-17-7-5-10)9-11(14)2-3-12(15)16/h10-11,14H,2-9H2,1H3,(H,15,16). The monoisotopic (exact) mass is 245 g/mol. The number of rotatable bonds is 7. The summed E-state index contributed by atoms with van der Waals surface area (Å²) in [6.07, 6.45) is 1.97. The number of carboxylic acid groups (broad SMARTS) is 1. The number of likely N-dealkylation sites (N-methyl/N-ethyl adjacent to an activating group) is 1. The second-order valence-electron chi connectivity index (χ2n) is 4.86. The first-order chi connectivity index (χ1) is 8.08. The molecule has 2 N–H and O–H groups in total. The molecule has 1 fully saturated rings. The fourth-order valence-corrected chi connectivity index (χ4v) is 2.19. The third kappa shape index (κ3) is 6.61. The van der Waals surface area contributed by atoms with Gasteiger partial charge in [-0.25, -0.2) is 0 Å². The summed E-state index contributed by atoms with van der Waals surface area (Å²) in [5.41, 5.74) is 0. The van der Waals surface area contributed by atoms with E-state index in [1.165, 1.54) is 0 Å². The summed E-state index contributed by atoms with van der Waals surface area (Å²) in [7, 11) is 1.97. The first-order valence-corrected chi connectivity index (χ1v) is 6.24. The Morgan fingerprint density at radius 1 is 1.47 bits per heavy atom. The van der Waals surface area contributed by atoms with Gasteiger partial charge in [0.15, 0.2) is 0 Å². The Kier molecular flexibility index (Phi) is 6.47. The number of nitrogens with zero attached hydrogens (tertiary/aromatic N) is 1. The van der Waals surface area contributed by atoms with E-state index in [2.05, 4.69) is 4.90 Å². The Balaban J connectivity index is 2.14. The zero-order valence-electron chi connectivity index (χ0n) is 10.5. The van der Waals surface area contributed by atoms with Gasteiger partial charge in [0, 0.05) is 32.7 Å². The zero-order chi connectivity index (χ0) is 12.7. The average Bonchev–Trinajstić information content (AvgIpc) is 2.27. The van der Waals surface area contributed by atoms with Crippen molar-refractivity contribution in [1.82, 2.24) is 4.90 Å². The zero-order valence-corrected chi connectivity index (χ0v) is 10.5. The molecular weight excluding hydrogens is 222 g/mol. The van der Waals surface area contributed by atoms with Gasteiger partial charge in [0.25, 0.3) is 0 Å². The topological polar surface area (TPSA) is 70.0 Å². The second kappa shape index (κ2) is 7.63. The van der Waals surface area contributed by atoms with Crippen molar-refractivity contribution in [3.63, 3.8) is 0 Å². The third-order valence-corrected chi connectivity index (χ3v) is 3.12. The van der Waals surface area contributed by atoms with E-state index in [1.54, 1.807) is 0 Å². The van der Waals surface area contributed by atoms with E-state index in [-0.39, 0.29) is 6.42 Å². The van der Waals surface area contributed by atoms with Crippen LogP contribution in [0, 0.1) is 5.92 Å². The molecule has 1 aliphatic rings. The highest BCUT2D eigenvalue weighted by atomic mass is 16.5. The number of carbonyl (C=O) groups is 1. The first-order valence-electron chi connectivity index (χ1n) is 6.24. The molecule has 5 heteroatoms. The van der Waals surface area contributed by atoms with E-state index in [9.17, 15) is 9.90 Å². The van der Waals surface area contributed by atoms with Crippen LogP contribution >= 0.6 is 0 Å². The fraction of sp³-hybridized carbons (Fsp3) is 0.917. The van der Waals surface area contributed by atoms with Crippen LogP contribution in [-0.4, -0.2) is 60.5 Å². The average molecular weight is 245 g/mol. The maximum atomic E-state index is 10.4. The number of aliphatic hydroxyl groups is 1. The van der Waals surface area contributed by atoms with Gasteiger partial charge < -0.3 is 19.8 Å². The molecule has 0 spiro atoms. The fourth-order valence-electron chi connectivity index (χ4n) is 2.19. The van der Waals surface area contributed by atoms with Crippen molar-refractivity contribution in [3.05, 3.63) is 0 Å². The van der Waals surface area contributed by atoms with Crippen LogP contribution in [0.25, 0.3) is 0 Å². The molecule has 0 aromatic heterocycles. The van der Waals surface area contributed by atoms with E-state index in [0.29, 0.717) is 18.9 Å². The Morgan fingerprint density at radius 2 is 2.12 bits per heavy atom. The molecule has 0 bridgehead atoms. The molecule has 0 radical (unpaired) electrons. The van der Waals surface area contributed by atoms with Gasteiger partial charge in [-0.3, -0.25) is 4.79 Å². The molecule has 1 heterocycles. The molecule has 1 rings (SSSR count). The lowest BCUT2D eigenvalue weighted by Gasteiger charge is -2.28. The first kappa shape index (κ1) is 14.4. The number of ether oxygens (including phenoxy) is 1. The van der Waals surface area contributed by atoms with Crippen LogP contribution in [0.1, 0.15) is 25.7 Å². The Hall–Kier alpha value is -0.650. The highest BCUT2D eigenvalue weighted by molar-refractivity contribution is 5.66. The summed E-state index contributed by atoms with van der Waals surface area (Å²) in [5, 5.41) is 18.2. The normalized spacial score (nSPS) is 19.5. The summed E-state index contributed by atoms with van der Waals surface area (Å²) in [6, 6.07) is 0. The van der Waals surface area contributed by atoms with E-state index in [4.69, 9.17) is 9.84 Å². The molecule has 100 valence electrons. The van der Waals surface area contributed by atoms with Gasteiger partial charge in [-0.2, -0.15) is 0 Å².